The fourth-order valence-corrected chi connectivity index (χ4v) is 2.61. The molecule has 0 atom stereocenters. The van der Waals surface area contributed by atoms with Gasteiger partial charge in [0.2, 0.25) is 0 Å². The van der Waals surface area contributed by atoms with Gasteiger partial charge in [0.15, 0.2) is 11.6 Å². The van der Waals surface area contributed by atoms with Gasteiger partial charge in [0.25, 0.3) is 0 Å². The van der Waals surface area contributed by atoms with Gasteiger partial charge in [0, 0.05) is 12.8 Å². The third-order valence-corrected chi connectivity index (χ3v) is 3.97. The first-order chi connectivity index (χ1) is 13.0. The van der Waals surface area contributed by atoms with Gasteiger partial charge in [0.1, 0.15) is 11.1 Å². The van der Waals surface area contributed by atoms with Crippen molar-refractivity contribution >= 4 is 10.8 Å². The van der Waals surface area contributed by atoms with Gasteiger partial charge in [-0.3, -0.25) is 0 Å². The van der Waals surface area contributed by atoms with Gasteiger partial charge in [-0.1, -0.05) is 36.9 Å². The van der Waals surface area contributed by atoms with Crippen molar-refractivity contribution in [1.29, 1.82) is 0 Å². The largest absolute Gasteiger partial charge is 0.490 e. The van der Waals surface area contributed by atoms with E-state index in [1.807, 2.05) is 31.2 Å². The quantitative estimate of drug-likeness (QED) is 0.376. The highest BCUT2D eigenvalue weighted by Crippen LogP contribution is 2.25. The summed E-state index contributed by atoms with van der Waals surface area (Å²) in [6, 6.07) is 4.85. The summed E-state index contributed by atoms with van der Waals surface area (Å²) in [6.45, 7) is 5.43. The van der Waals surface area contributed by atoms with Gasteiger partial charge in [-0.05, 0) is 43.7 Å². The Bertz CT molecular complexity index is 894. The number of rotatable bonds is 10. The van der Waals surface area contributed by atoms with Crippen LogP contribution in [0.4, 0.5) is 8.78 Å². The number of ether oxygens (including phenoxy) is 1. The third kappa shape index (κ3) is 6.20. The van der Waals surface area contributed by atoms with Crippen molar-refractivity contribution in [1.82, 2.24) is 0 Å². The van der Waals surface area contributed by atoms with Crippen LogP contribution in [0.3, 0.4) is 0 Å². The van der Waals surface area contributed by atoms with E-state index in [2.05, 4.69) is 6.58 Å². The van der Waals surface area contributed by atoms with Gasteiger partial charge >= 0.3 is 5.63 Å². The first-order valence-electron chi connectivity index (χ1n) is 9.00. The highest BCUT2D eigenvalue weighted by molar-refractivity contribution is 5.83. The Labute approximate surface area is 157 Å². The molecule has 0 saturated carbocycles. The predicted octanol–water partition coefficient (Wildman–Crippen LogP) is 6.03. The molecule has 0 unspecified atom stereocenters. The molecule has 0 N–H and O–H groups in total. The van der Waals surface area contributed by atoms with Crippen LogP contribution < -0.4 is 10.4 Å². The first-order valence-corrected chi connectivity index (χ1v) is 9.00. The van der Waals surface area contributed by atoms with E-state index in [0.29, 0.717) is 49.9 Å². The lowest BCUT2D eigenvalue weighted by Crippen LogP contribution is -2.06. The van der Waals surface area contributed by atoms with Crippen LogP contribution in [-0.4, -0.2) is 6.61 Å². The van der Waals surface area contributed by atoms with Crippen LogP contribution in [0.5, 0.6) is 5.75 Å². The summed E-state index contributed by atoms with van der Waals surface area (Å²) in [5.41, 5.74) is -0.711. The van der Waals surface area contributed by atoms with Crippen molar-refractivity contribution in [2.24, 2.45) is 0 Å². The maximum Gasteiger partial charge on any atom is 0.346 e. The SMILES string of the molecule is C=C(F)CC/C=C/CCc1cc2ccc(OCC/C=C/C)c(F)c2c(=O)o1. The predicted molar refractivity (Wildman–Crippen MR) is 104 cm³/mol. The molecule has 0 bridgehead atoms. The number of halogens is 2. The van der Waals surface area contributed by atoms with Gasteiger partial charge in [-0.25, -0.2) is 13.6 Å². The second-order valence-electron chi connectivity index (χ2n) is 6.11. The molecule has 0 radical (unpaired) electrons. The van der Waals surface area contributed by atoms with Crippen molar-refractivity contribution in [2.45, 2.75) is 39.0 Å². The number of hydrogen-bond donors (Lipinski definition) is 0. The van der Waals surface area contributed by atoms with Crippen LogP contribution in [0.15, 0.2) is 64.1 Å². The summed E-state index contributed by atoms with van der Waals surface area (Å²) in [5.74, 6) is -0.510. The van der Waals surface area contributed by atoms with Gasteiger partial charge in [-0.15, -0.1) is 0 Å². The van der Waals surface area contributed by atoms with E-state index in [1.54, 1.807) is 12.1 Å². The van der Waals surface area contributed by atoms with E-state index in [9.17, 15) is 13.6 Å². The molecule has 1 aromatic heterocycles. The molecule has 2 aromatic rings. The Morgan fingerprint density at radius 1 is 1.22 bits per heavy atom. The van der Waals surface area contributed by atoms with Crippen molar-refractivity contribution in [3.63, 3.8) is 0 Å². The second kappa shape index (κ2) is 10.5. The van der Waals surface area contributed by atoms with Crippen LogP contribution >= 0.6 is 0 Å². The van der Waals surface area contributed by atoms with Crippen LogP contribution in [0.2, 0.25) is 0 Å². The molecule has 0 aliphatic rings. The van der Waals surface area contributed by atoms with E-state index in [-0.39, 0.29) is 17.0 Å². The van der Waals surface area contributed by atoms with Gasteiger partial charge < -0.3 is 9.15 Å². The van der Waals surface area contributed by atoms with Crippen molar-refractivity contribution in [3.8, 4) is 5.75 Å². The smallest absolute Gasteiger partial charge is 0.346 e. The lowest BCUT2D eigenvalue weighted by atomic mass is 10.1. The minimum absolute atomic E-state index is 0.0458. The molecule has 0 fully saturated rings. The molecule has 2 rings (SSSR count). The summed E-state index contributed by atoms with van der Waals surface area (Å²) in [5, 5.41) is 0.386. The molecule has 1 aromatic carbocycles. The first kappa shape index (κ1) is 20.6. The van der Waals surface area contributed by atoms with E-state index in [0.717, 1.165) is 0 Å². The van der Waals surface area contributed by atoms with Gasteiger partial charge in [0.05, 0.1) is 12.4 Å². The molecule has 1 heterocycles. The summed E-state index contributed by atoms with van der Waals surface area (Å²) >= 11 is 0. The Balaban J connectivity index is 2.07. The Kier molecular flexibility index (Phi) is 7.99. The molecule has 0 aliphatic heterocycles. The Morgan fingerprint density at radius 2 is 2.00 bits per heavy atom. The Hall–Kier alpha value is -2.69. The molecular weight excluding hydrogens is 350 g/mol. The average molecular weight is 374 g/mol. The number of benzene rings is 1. The van der Waals surface area contributed by atoms with Crippen LogP contribution in [0.25, 0.3) is 10.8 Å². The fourth-order valence-electron chi connectivity index (χ4n) is 2.61. The molecule has 144 valence electrons. The summed E-state index contributed by atoms with van der Waals surface area (Å²) in [7, 11) is 0. The zero-order chi connectivity index (χ0) is 19.6. The van der Waals surface area contributed by atoms with E-state index >= 15 is 0 Å². The number of fused-ring (bicyclic) bond motifs is 1. The van der Waals surface area contributed by atoms with Crippen molar-refractivity contribution in [2.75, 3.05) is 6.61 Å². The minimum atomic E-state index is -0.711. The number of aryl methyl sites for hydroxylation is 1. The molecule has 0 aliphatic carbocycles. The fraction of sp³-hybridized carbons (Fsp3) is 0.318. The Morgan fingerprint density at radius 3 is 2.74 bits per heavy atom. The van der Waals surface area contributed by atoms with E-state index in [4.69, 9.17) is 9.15 Å². The van der Waals surface area contributed by atoms with Crippen LogP contribution in [0.1, 0.15) is 38.4 Å². The molecule has 0 spiro atoms. The van der Waals surface area contributed by atoms with Crippen molar-refractivity contribution < 1.29 is 17.9 Å². The highest BCUT2D eigenvalue weighted by atomic mass is 19.1. The van der Waals surface area contributed by atoms with Crippen LogP contribution in [0, 0.1) is 5.82 Å². The average Bonchev–Trinajstić information content (AvgIpc) is 2.62. The van der Waals surface area contributed by atoms with Crippen molar-refractivity contribution in [3.05, 3.63) is 76.9 Å². The topological polar surface area (TPSA) is 39.4 Å². The van der Waals surface area contributed by atoms with E-state index in [1.165, 1.54) is 6.07 Å². The molecular formula is C22H24F2O3. The van der Waals surface area contributed by atoms with Crippen LogP contribution in [-0.2, 0) is 6.42 Å². The molecule has 5 heteroatoms. The molecule has 3 nitrogen and oxygen atoms in total. The monoisotopic (exact) mass is 374 g/mol. The zero-order valence-corrected chi connectivity index (χ0v) is 15.5. The highest BCUT2D eigenvalue weighted by Gasteiger charge is 2.14. The van der Waals surface area contributed by atoms with Gasteiger partial charge in [-0.2, -0.15) is 0 Å². The molecule has 0 saturated heterocycles. The maximum atomic E-state index is 14.6. The zero-order valence-electron chi connectivity index (χ0n) is 15.5. The maximum absolute atomic E-state index is 14.6. The standard InChI is InChI=1S/C22H24F2O3/c1-3-4-9-14-26-19-13-12-17-15-18(27-22(25)20(17)21(19)24)11-8-6-5-7-10-16(2)23/h3-6,12-13,15H,2,7-11,14H2,1H3/b4-3+,6-5+. The summed E-state index contributed by atoms with van der Waals surface area (Å²) < 4.78 is 37.7. The van der Waals surface area contributed by atoms with E-state index < -0.39 is 11.4 Å². The summed E-state index contributed by atoms with van der Waals surface area (Å²) in [6.07, 6.45) is 10.3. The lowest BCUT2D eigenvalue weighted by Gasteiger charge is -2.08. The molecule has 27 heavy (non-hydrogen) atoms. The lowest BCUT2D eigenvalue weighted by molar-refractivity contribution is 0.309. The number of hydrogen-bond acceptors (Lipinski definition) is 3. The normalized spacial score (nSPS) is 11.7. The third-order valence-electron chi connectivity index (χ3n) is 3.97. The summed E-state index contributed by atoms with van der Waals surface area (Å²) in [4.78, 5) is 12.2. The minimum Gasteiger partial charge on any atom is -0.490 e. The molecule has 0 amide bonds. The second-order valence-corrected chi connectivity index (χ2v) is 6.11. The number of allylic oxidation sites excluding steroid dienone is 4.